The second-order valence-corrected chi connectivity index (χ2v) is 7.33. The Kier molecular flexibility index (Phi) is 5.11. The summed E-state index contributed by atoms with van der Waals surface area (Å²) < 4.78 is 21.0. The van der Waals surface area contributed by atoms with E-state index >= 15 is 0 Å². The Hall–Kier alpha value is -2.97. The van der Waals surface area contributed by atoms with Crippen molar-refractivity contribution in [1.82, 2.24) is 19.7 Å². The molecule has 8 nitrogen and oxygen atoms in total. The topological polar surface area (TPSA) is 89.4 Å². The summed E-state index contributed by atoms with van der Waals surface area (Å²) in [5.41, 5.74) is -0.111. The molecule has 2 heterocycles. The standard InChI is InChI=1S/C18H22FN5O3/c1-18(2,3)27-17(26)23-8-4-5-15(23)16(25)22-12-6-7-14(13(19)9-12)24-11-20-10-21-24/h6-7,9-11,15H,4-5,8H2,1-3H3,(H,22,25). The Morgan fingerprint density at radius 3 is 2.74 bits per heavy atom. The van der Waals surface area contributed by atoms with E-state index < -0.39 is 23.6 Å². The molecular formula is C18H22FN5O3. The van der Waals surface area contributed by atoms with Gasteiger partial charge in [-0.25, -0.2) is 18.9 Å². The predicted octanol–water partition coefficient (Wildman–Crippen LogP) is 2.74. The number of carbonyl (C=O) groups is 2. The lowest BCUT2D eigenvalue weighted by Gasteiger charge is -2.28. The molecule has 2 amide bonds. The maximum Gasteiger partial charge on any atom is 0.410 e. The Bertz CT molecular complexity index is 832. The number of benzene rings is 1. The van der Waals surface area contributed by atoms with Crippen LogP contribution in [0.15, 0.2) is 30.9 Å². The molecule has 0 aliphatic carbocycles. The van der Waals surface area contributed by atoms with Crippen molar-refractivity contribution >= 4 is 17.7 Å². The molecule has 1 aliphatic heterocycles. The Morgan fingerprint density at radius 1 is 1.33 bits per heavy atom. The fourth-order valence-corrected chi connectivity index (χ4v) is 2.91. The zero-order valence-electron chi connectivity index (χ0n) is 15.5. The molecule has 1 unspecified atom stereocenters. The van der Waals surface area contributed by atoms with Crippen LogP contribution in [-0.4, -0.2) is 49.9 Å². The largest absolute Gasteiger partial charge is 0.444 e. The van der Waals surface area contributed by atoms with Gasteiger partial charge in [-0.05, 0) is 51.8 Å². The van der Waals surface area contributed by atoms with E-state index in [4.69, 9.17) is 4.74 Å². The maximum absolute atomic E-state index is 14.3. The zero-order chi connectivity index (χ0) is 19.6. The number of likely N-dealkylation sites (tertiary alicyclic amines) is 1. The molecule has 1 atom stereocenters. The van der Waals surface area contributed by atoms with Gasteiger partial charge in [0.2, 0.25) is 5.91 Å². The lowest BCUT2D eigenvalue weighted by Crippen LogP contribution is -2.45. The van der Waals surface area contributed by atoms with Crippen LogP contribution in [0, 0.1) is 5.82 Å². The molecule has 1 saturated heterocycles. The van der Waals surface area contributed by atoms with Crippen LogP contribution in [0.2, 0.25) is 0 Å². The SMILES string of the molecule is CC(C)(C)OC(=O)N1CCCC1C(=O)Nc1ccc(-n2cncn2)c(F)c1. The molecule has 0 spiro atoms. The van der Waals surface area contributed by atoms with E-state index in [2.05, 4.69) is 15.4 Å². The van der Waals surface area contributed by atoms with Crippen LogP contribution in [0.5, 0.6) is 0 Å². The normalized spacial score (nSPS) is 17.0. The van der Waals surface area contributed by atoms with Crippen molar-refractivity contribution < 1.29 is 18.7 Å². The van der Waals surface area contributed by atoms with E-state index in [1.54, 1.807) is 26.8 Å². The smallest absolute Gasteiger partial charge is 0.410 e. The number of amides is 2. The first kappa shape index (κ1) is 18.8. The number of rotatable bonds is 3. The molecule has 1 N–H and O–H groups in total. The van der Waals surface area contributed by atoms with Crippen molar-refractivity contribution in [1.29, 1.82) is 0 Å². The molecule has 2 aromatic rings. The van der Waals surface area contributed by atoms with Crippen LogP contribution in [0.25, 0.3) is 5.69 Å². The summed E-state index contributed by atoms with van der Waals surface area (Å²) in [7, 11) is 0. The minimum Gasteiger partial charge on any atom is -0.444 e. The van der Waals surface area contributed by atoms with E-state index in [1.807, 2.05) is 0 Å². The van der Waals surface area contributed by atoms with Gasteiger partial charge in [-0.3, -0.25) is 9.69 Å². The van der Waals surface area contributed by atoms with Gasteiger partial charge in [0.25, 0.3) is 0 Å². The summed E-state index contributed by atoms with van der Waals surface area (Å²) in [4.78, 5) is 30.1. The molecule has 1 aromatic heterocycles. The minimum absolute atomic E-state index is 0.224. The van der Waals surface area contributed by atoms with Crippen molar-refractivity contribution in [2.24, 2.45) is 0 Å². The highest BCUT2D eigenvalue weighted by molar-refractivity contribution is 5.97. The zero-order valence-corrected chi connectivity index (χ0v) is 15.5. The van der Waals surface area contributed by atoms with Crippen molar-refractivity contribution in [3.63, 3.8) is 0 Å². The Morgan fingerprint density at radius 2 is 2.11 bits per heavy atom. The number of halogens is 1. The quantitative estimate of drug-likeness (QED) is 0.891. The van der Waals surface area contributed by atoms with Gasteiger partial charge in [0.1, 0.15) is 30.0 Å². The van der Waals surface area contributed by atoms with Gasteiger partial charge in [0, 0.05) is 12.2 Å². The number of ether oxygens (including phenoxy) is 1. The maximum atomic E-state index is 14.3. The van der Waals surface area contributed by atoms with Crippen molar-refractivity contribution in [2.75, 3.05) is 11.9 Å². The number of carbonyl (C=O) groups excluding carboxylic acids is 2. The van der Waals surface area contributed by atoms with Gasteiger partial charge in [-0.1, -0.05) is 0 Å². The van der Waals surface area contributed by atoms with E-state index in [0.29, 0.717) is 25.1 Å². The van der Waals surface area contributed by atoms with Crippen LogP contribution in [0.1, 0.15) is 33.6 Å². The summed E-state index contributed by atoms with van der Waals surface area (Å²) in [5.74, 6) is -0.917. The molecule has 0 saturated carbocycles. The number of nitrogens with zero attached hydrogens (tertiary/aromatic N) is 4. The highest BCUT2D eigenvalue weighted by Crippen LogP contribution is 2.23. The Balaban J connectivity index is 1.69. The fourth-order valence-electron chi connectivity index (χ4n) is 2.91. The third-order valence-electron chi connectivity index (χ3n) is 4.06. The van der Waals surface area contributed by atoms with Crippen molar-refractivity contribution in [3.05, 3.63) is 36.7 Å². The van der Waals surface area contributed by atoms with Crippen LogP contribution in [0.3, 0.4) is 0 Å². The van der Waals surface area contributed by atoms with Crippen LogP contribution >= 0.6 is 0 Å². The summed E-state index contributed by atoms with van der Waals surface area (Å²) >= 11 is 0. The van der Waals surface area contributed by atoms with E-state index in [-0.39, 0.29) is 11.6 Å². The van der Waals surface area contributed by atoms with E-state index in [9.17, 15) is 14.0 Å². The van der Waals surface area contributed by atoms with Crippen molar-refractivity contribution in [3.8, 4) is 5.69 Å². The predicted molar refractivity (Wildman–Crippen MR) is 95.9 cm³/mol. The van der Waals surface area contributed by atoms with Crippen LogP contribution in [0.4, 0.5) is 14.9 Å². The third kappa shape index (κ3) is 4.42. The molecule has 1 aliphatic rings. The minimum atomic E-state index is -0.641. The monoisotopic (exact) mass is 375 g/mol. The lowest BCUT2D eigenvalue weighted by atomic mass is 10.2. The summed E-state index contributed by atoms with van der Waals surface area (Å²) in [6.45, 7) is 5.77. The highest BCUT2D eigenvalue weighted by Gasteiger charge is 2.36. The van der Waals surface area contributed by atoms with Crippen molar-refractivity contribution in [2.45, 2.75) is 45.3 Å². The van der Waals surface area contributed by atoms with Crippen LogP contribution < -0.4 is 5.32 Å². The third-order valence-corrected chi connectivity index (χ3v) is 4.06. The van der Waals surface area contributed by atoms with Gasteiger partial charge >= 0.3 is 6.09 Å². The molecular weight excluding hydrogens is 353 g/mol. The average molecular weight is 375 g/mol. The van der Waals surface area contributed by atoms with Gasteiger partial charge in [-0.15, -0.1) is 0 Å². The fraction of sp³-hybridized carbons (Fsp3) is 0.444. The molecule has 9 heteroatoms. The second kappa shape index (κ2) is 7.34. The molecule has 3 rings (SSSR count). The number of aromatic nitrogens is 3. The highest BCUT2D eigenvalue weighted by atomic mass is 19.1. The van der Waals surface area contributed by atoms with Gasteiger partial charge in [0.15, 0.2) is 5.82 Å². The number of nitrogens with one attached hydrogen (secondary N) is 1. The first-order valence-electron chi connectivity index (χ1n) is 8.69. The van der Waals surface area contributed by atoms with Gasteiger partial charge in [0.05, 0.1) is 0 Å². The lowest BCUT2D eigenvalue weighted by molar-refractivity contribution is -0.120. The summed E-state index contributed by atoms with van der Waals surface area (Å²) in [6.07, 6.45) is 3.41. The van der Waals surface area contributed by atoms with Crippen LogP contribution in [-0.2, 0) is 9.53 Å². The molecule has 1 aromatic carbocycles. The molecule has 1 fully saturated rings. The second-order valence-electron chi connectivity index (χ2n) is 7.33. The van der Waals surface area contributed by atoms with E-state index in [1.165, 1.54) is 34.4 Å². The average Bonchev–Trinajstić information content (AvgIpc) is 3.25. The molecule has 0 radical (unpaired) electrons. The summed E-state index contributed by atoms with van der Waals surface area (Å²) in [5, 5.41) is 6.55. The molecule has 0 bridgehead atoms. The van der Waals surface area contributed by atoms with Gasteiger partial charge < -0.3 is 10.1 Å². The Labute approximate surface area is 156 Å². The summed E-state index contributed by atoms with van der Waals surface area (Å²) in [6, 6.07) is 3.64. The number of hydrogen-bond acceptors (Lipinski definition) is 5. The first-order chi connectivity index (χ1) is 12.7. The van der Waals surface area contributed by atoms with Gasteiger partial charge in [-0.2, -0.15) is 5.10 Å². The number of anilines is 1. The number of hydrogen-bond donors (Lipinski definition) is 1. The molecule has 144 valence electrons. The first-order valence-corrected chi connectivity index (χ1v) is 8.69. The molecule has 27 heavy (non-hydrogen) atoms. The van der Waals surface area contributed by atoms with E-state index in [0.717, 1.165) is 0 Å².